The summed E-state index contributed by atoms with van der Waals surface area (Å²) in [6.45, 7) is 6.51. The van der Waals surface area contributed by atoms with Crippen LogP contribution in [0.15, 0.2) is 4.52 Å². The van der Waals surface area contributed by atoms with E-state index < -0.39 is 0 Å². The first-order valence-corrected chi connectivity index (χ1v) is 7.89. The molecule has 1 fully saturated rings. The smallest absolute Gasteiger partial charge is 0.239 e. The van der Waals surface area contributed by atoms with E-state index in [1.807, 2.05) is 13.8 Å². The van der Waals surface area contributed by atoms with Crippen LogP contribution in [0.5, 0.6) is 0 Å². The Hall–Kier alpha value is -1.47. The molecule has 124 valence electrons. The maximum Gasteiger partial charge on any atom is 0.239 e. The van der Waals surface area contributed by atoms with Crippen molar-refractivity contribution in [3.05, 3.63) is 11.7 Å². The Morgan fingerprint density at radius 3 is 2.77 bits per heavy atom. The van der Waals surface area contributed by atoms with Crippen LogP contribution in [0.1, 0.15) is 32.0 Å². The SMILES string of the molecule is CCc1nc(CN(C)C2CCN(C(C)C(=O)N(C)C)C2)no1. The zero-order valence-electron chi connectivity index (χ0n) is 14.2. The summed E-state index contributed by atoms with van der Waals surface area (Å²) < 4.78 is 5.15. The highest BCUT2D eigenvalue weighted by atomic mass is 16.5. The molecule has 1 amide bonds. The minimum atomic E-state index is -0.0646. The zero-order chi connectivity index (χ0) is 16.3. The maximum absolute atomic E-state index is 12.1. The third-order valence-electron chi connectivity index (χ3n) is 4.37. The summed E-state index contributed by atoms with van der Waals surface area (Å²) in [6.07, 6.45) is 1.82. The number of hydrogen-bond acceptors (Lipinski definition) is 6. The molecule has 22 heavy (non-hydrogen) atoms. The lowest BCUT2D eigenvalue weighted by atomic mass is 10.2. The fourth-order valence-electron chi connectivity index (χ4n) is 2.86. The van der Waals surface area contributed by atoms with E-state index in [1.54, 1.807) is 19.0 Å². The molecule has 1 aromatic rings. The number of amides is 1. The summed E-state index contributed by atoms with van der Waals surface area (Å²) in [4.78, 5) is 22.6. The normalized spacial score (nSPS) is 20.5. The number of carbonyl (C=O) groups is 1. The molecule has 2 rings (SSSR count). The van der Waals surface area contributed by atoms with Crippen molar-refractivity contribution < 1.29 is 9.32 Å². The van der Waals surface area contributed by atoms with Gasteiger partial charge >= 0.3 is 0 Å². The number of nitrogens with zero attached hydrogens (tertiary/aromatic N) is 5. The summed E-state index contributed by atoms with van der Waals surface area (Å²) >= 11 is 0. The standard InChI is InChI=1S/C15H27N5O2/c1-6-14-16-13(17-22-14)10-19(5)12-7-8-20(9-12)11(2)15(21)18(3)4/h11-12H,6-10H2,1-5H3. The Bertz CT molecular complexity index is 502. The maximum atomic E-state index is 12.1. The van der Waals surface area contributed by atoms with Crippen molar-refractivity contribution in [2.75, 3.05) is 34.2 Å². The van der Waals surface area contributed by atoms with Gasteiger partial charge in [0.1, 0.15) is 0 Å². The van der Waals surface area contributed by atoms with Gasteiger partial charge < -0.3 is 9.42 Å². The van der Waals surface area contributed by atoms with Crippen LogP contribution in [-0.2, 0) is 17.8 Å². The van der Waals surface area contributed by atoms with Crippen molar-refractivity contribution in [1.82, 2.24) is 24.8 Å². The molecule has 0 radical (unpaired) electrons. The van der Waals surface area contributed by atoms with E-state index in [0.717, 1.165) is 31.8 Å². The van der Waals surface area contributed by atoms with E-state index in [9.17, 15) is 4.79 Å². The highest BCUT2D eigenvalue weighted by Crippen LogP contribution is 2.19. The number of likely N-dealkylation sites (N-methyl/N-ethyl adjacent to an activating group) is 2. The molecule has 2 heterocycles. The molecule has 0 aromatic carbocycles. The van der Waals surface area contributed by atoms with Gasteiger partial charge in [0, 0.05) is 39.6 Å². The van der Waals surface area contributed by atoms with Gasteiger partial charge in [-0.25, -0.2) is 0 Å². The summed E-state index contributed by atoms with van der Waals surface area (Å²) in [5.41, 5.74) is 0. The van der Waals surface area contributed by atoms with Crippen molar-refractivity contribution in [3.63, 3.8) is 0 Å². The number of carbonyl (C=O) groups excluding carboxylic acids is 1. The molecule has 0 spiro atoms. The summed E-state index contributed by atoms with van der Waals surface area (Å²) in [6, 6.07) is 0.353. The van der Waals surface area contributed by atoms with Gasteiger partial charge in [0.05, 0.1) is 12.6 Å². The first kappa shape index (κ1) is 16.9. The van der Waals surface area contributed by atoms with Gasteiger partial charge in [-0.3, -0.25) is 14.6 Å². The Kier molecular flexibility index (Phi) is 5.52. The Morgan fingerprint density at radius 2 is 2.18 bits per heavy atom. The topological polar surface area (TPSA) is 65.7 Å². The molecule has 2 atom stereocenters. The van der Waals surface area contributed by atoms with Crippen molar-refractivity contribution in [3.8, 4) is 0 Å². The van der Waals surface area contributed by atoms with E-state index in [0.29, 0.717) is 18.5 Å². The second-order valence-electron chi connectivity index (χ2n) is 6.22. The van der Waals surface area contributed by atoms with E-state index >= 15 is 0 Å². The van der Waals surface area contributed by atoms with E-state index in [4.69, 9.17) is 4.52 Å². The molecular weight excluding hydrogens is 282 g/mol. The molecule has 0 bridgehead atoms. The first-order chi connectivity index (χ1) is 10.4. The second-order valence-corrected chi connectivity index (χ2v) is 6.22. The van der Waals surface area contributed by atoms with E-state index in [1.165, 1.54) is 0 Å². The Balaban J connectivity index is 1.88. The quantitative estimate of drug-likeness (QED) is 0.767. The molecular formula is C15H27N5O2. The predicted octanol–water partition coefficient (Wildman–Crippen LogP) is 0.615. The molecule has 0 aliphatic carbocycles. The van der Waals surface area contributed by atoms with Crippen LogP contribution in [0.2, 0.25) is 0 Å². The number of hydrogen-bond donors (Lipinski definition) is 0. The number of aromatic nitrogens is 2. The number of rotatable bonds is 6. The van der Waals surface area contributed by atoms with Gasteiger partial charge in [-0.05, 0) is 20.4 Å². The van der Waals surface area contributed by atoms with Gasteiger partial charge in [0.15, 0.2) is 5.82 Å². The summed E-state index contributed by atoms with van der Waals surface area (Å²) in [5.74, 6) is 1.57. The lowest BCUT2D eigenvalue weighted by Gasteiger charge is -2.27. The van der Waals surface area contributed by atoms with Crippen LogP contribution in [0, 0.1) is 0 Å². The molecule has 1 aromatic heterocycles. The minimum absolute atomic E-state index is 0.0646. The third kappa shape index (κ3) is 3.84. The average Bonchev–Trinajstić information content (AvgIpc) is 3.14. The summed E-state index contributed by atoms with van der Waals surface area (Å²) in [7, 11) is 5.69. The Morgan fingerprint density at radius 1 is 1.45 bits per heavy atom. The monoisotopic (exact) mass is 309 g/mol. The van der Waals surface area contributed by atoms with Crippen molar-refractivity contribution >= 4 is 5.91 Å². The van der Waals surface area contributed by atoms with Crippen molar-refractivity contribution in [1.29, 1.82) is 0 Å². The number of likely N-dealkylation sites (tertiary alicyclic amines) is 1. The van der Waals surface area contributed by atoms with E-state index in [2.05, 4.69) is 27.0 Å². The van der Waals surface area contributed by atoms with Gasteiger partial charge in [-0.15, -0.1) is 0 Å². The first-order valence-electron chi connectivity index (χ1n) is 7.89. The number of aryl methyl sites for hydroxylation is 1. The molecule has 1 aliphatic rings. The minimum Gasteiger partial charge on any atom is -0.347 e. The Labute approximate surface area is 132 Å². The van der Waals surface area contributed by atoms with Gasteiger partial charge in [-0.2, -0.15) is 4.98 Å². The third-order valence-corrected chi connectivity index (χ3v) is 4.37. The molecule has 0 N–H and O–H groups in total. The lowest BCUT2D eigenvalue weighted by Crippen LogP contribution is -2.45. The van der Waals surface area contributed by atoms with Crippen LogP contribution >= 0.6 is 0 Å². The molecule has 0 saturated carbocycles. The largest absolute Gasteiger partial charge is 0.347 e. The highest BCUT2D eigenvalue weighted by Gasteiger charge is 2.32. The van der Waals surface area contributed by atoms with Crippen LogP contribution in [-0.4, -0.2) is 77.1 Å². The van der Waals surface area contributed by atoms with Crippen LogP contribution in [0.25, 0.3) is 0 Å². The predicted molar refractivity (Wildman–Crippen MR) is 83.3 cm³/mol. The molecule has 1 saturated heterocycles. The van der Waals surface area contributed by atoms with Crippen LogP contribution in [0.3, 0.4) is 0 Å². The van der Waals surface area contributed by atoms with Gasteiger partial charge in [-0.1, -0.05) is 12.1 Å². The fourth-order valence-corrected chi connectivity index (χ4v) is 2.86. The fraction of sp³-hybridized carbons (Fsp3) is 0.800. The molecule has 1 aliphatic heterocycles. The molecule has 7 heteroatoms. The van der Waals surface area contributed by atoms with Crippen molar-refractivity contribution in [2.45, 2.75) is 45.3 Å². The summed E-state index contributed by atoms with van der Waals surface area (Å²) in [5, 5.41) is 4.00. The van der Waals surface area contributed by atoms with Gasteiger partial charge in [0.25, 0.3) is 0 Å². The second kappa shape index (κ2) is 7.19. The zero-order valence-corrected chi connectivity index (χ0v) is 14.2. The lowest BCUT2D eigenvalue weighted by molar-refractivity contribution is -0.133. The van der Waals surface area contributed by atoms with Gasteiger partial charge in [0.2, 0.25) is 11.8 Å². The van der Waals surface area contributed by atoms with E-state index in [-0.39, 0.29) is 11.9 Å². The van der Waals surface area contributed by atoms with Crippen molar-refractivity contribution in [2.24, 2.45) is 0 Å². The highest BCUT2D eigenvalue weighted by molar-refractivity contribution is 5.80. The molecule has 7 nitrogen and oxygen atoms in total. The average molecular weight is 309 g/mol. The van der Waals surface area contributed by atoms with Crippen LogP contribution in [0.4, 0.5) is 0 Å². The van der Waals surface area contributed by atoms with Crippen LogP contribution < -0.4 is 0 Å². The molecule has 2 unspecified atom stereocenters.